The number of esters is 1. The summed E-state index contributed by atoms with van der Waals surface area (Å²) in [5.41, 5.74) is 2.27. The van der Waals surface area contributed by atoms with E-state index < -0.39 is 17.8 Å². The molecule has 1 atom stereocenters. The van der Waals surface area contributed by atoms with E-state index in [9.17, 15) is 14.0 Å². The Morgan fingerprint density at radius 2 is 1.77 bits per heavy atom. The van der Waals surface area contributed by atoms with E-state index in [0.29, 0.717) is 44.3 Å². The number of carbonyl (C=O) groups excluding carboxylic acids is 1. The Balaban J connectivity index is 1.77. The topological polar surface area (TPSA) is 79.1 Å². The molecule has 4 aromatic rings. The number of ether oxygens (including phenoxy) is 3. The van der Waals surface area contributed by atoms with Gasteiger partial charge in [-0.2, -0.15) is 0 Å². The SMILES string of the molecule is CCOC(=O)C1=C(c2ccccc2)N=c2s/c(=C\c3ccc(OCC)c(OC)c3)c(=O)n2[C@@H]1c1ccc(F)cc1. The zero-order valence-corrected chi connectivity index (χ0v) is 23.0. The van der Waals surface area contributed by atoms with E-state index in [-0.39, 0.29) is 17.7 Å². The third-order valence-corrected chi connectivity index (χ3v) is 7.33. The summed E-state index contributed by atoms with van der Waals surface area (Å²) in [6.45, 7) is 4.24. The van der Waals surface area contributed by atoms with Crippen molar-refractivity contribution >= 4 is 29.1 Å². The Morgan fingerprint density at radius 1 is 1.02 bits per heavy atom. The van der Waals surface area contributed by atoms with Gasteiger partial charge in [0.15, 0.2) is 16.3 Å². The molecule has 0 saturated carbocycles. The molecule has 0 aliphatic carbocycles. The molecule has 0 spiro atoms. The predicted molar refractivity (Wildman–Crippen MR) is 152 cm³/mol. The van der Waals surface area contributed by atoms with Crippen LogP contribution >= 0.6 is 11.3 Å². The van der Waals surface area contributed by atoms with Crippen LogP contribution in [0.3, 0.4) is 0 Å². The third-order valence-electron chi connectivity index (χ3n) is 6.34. The van der Waals surface area contributed by atoms with Gasteiger partial charge in [0, 0.05) is 5.56 Å². The van der Waals surface area contributed by atoms with Gasteiger partial charge >= 0.3 is 5.97 Å². The van der Waals surface area contributed by atoms with Gasteiger partial charge in [-0.05, 0) is 55.3 Å². The normalized spacial score (nSPS) is 14.9. The number of methoxy groups -OCH3 is 1. The lowest BCUT2D eigenvalue weighted by atomic mass is 9.93. The summed E-state index contributed by atoms with van der Waals surface area (Å²) in [4.78, 5) is 32.6. The van der Waals surface area contributed by atoms with Crippen LogP contribution in [-0.4, -0.2) is 30.9 Å². The van der Waals surface area contributed by atoms with Crippen LogP contribution in [0.4, 0.5) is 4.39 Å². The van der Waals surface area contributed by atoms with E-state index in [4.69, 9.17) is 19.2 Å². The fourth-order valence-electron chi connectivity index (χ4n) is 4.60. The molecule has 0 N–H and O–H groups in total. The van der Waals surface area contributed by atoms with Gasteiger partial charge in [-0.3, -0.25) is 9.36 Å². The molecule has 0 saturated heterocycles. The number of rotatable bonds is 8. The highest BCUT2D eigenvalue weighted by Gasteiger charge is 2.35. The largest absolute Gasteiger partial charge is 0.493 e. The molecule has 7 nitrogen and oxygen atoms in total. The van der Waals surface area contributed by atoms with Gasteiger partial charge in [-0.1, -0.05) is 59.9 Å². The van der Waals surface area contributed by atoms with Gasteiger partial charge in [0.1, 0.15) is 5.82 Å². The maximum Gasteiger partial charge on any atom is 0.338 e. The average Bonchev–Trinajstić information content (AvgIpc) is 3.28. The highest BCUT2D eigenvalue weighted by Crippen LogP contribution is 2.35. The van der Waals surface area contributed by atoms with Crippen LogP contribution in [0.15, 0.2) is 88.2 Å². The van der Waals surface area contributed by atoms with E-state index in [0.717, 1.165) is 5.56 Å². The van der Waals surface area contributed by atoms with E-state index in [1.165, 1.54) is 28.0 Å². The standard InChI is InChI=1S/C31H27FN2O5S/c1-4-38-23-16-11-19(17-24(23)37-3)18-25-29(35)34-28(21-12-14-22(32)15-13-21)26(30(36)39-5-2)27(33-31(34)40-25)20-9-7-6-8-10-20/h6-18,28H,4-5H2,1-3H3/b25-18-/t28-/m1/s1. The van der Waals surface area contributed by atoms with E-state index >= 15 is 0 Å². The molecule has 204 valence electrons. The lowest BCUT2D eigenvalue weighted by Crippen LogP contribution is -2.40. The Bertz CT molecular complexity index is 1760. The summed E-state index contributed by atoms with van der Waals surface area (Å²) in [6.07, 6.45) is 1.75. The van der Waals surface area contributed by atoms with Crippen LogP contribution in [0.25, 0.3) is 11.8 Å². The lowest BCUT2D eigenvalue weighted by molar-refractivity contribution is -0.138. The van der Waals surface area contributed by atoms with Gasteiger partial charge in [-0.15, -0.1) is 0 Å². The molecular formula is C31H27FN2O5S. The van der Waals surface area contributed by atoms with Crippen molar-refractivity contribution in [3.63, 3.8) is 0 Å². The second kappa shape index (κ2) is 11.7. The van der Waals surface area contributed by atoms with Crippen LogP contribution in [0, 0.1) is 5.82 Å². The summed E-state index contributed by atoms with van der Waals surface area (Å²) in [5, 5.41) is 0. The van der Waals surface area contributed by atoms with Crippen LogP contribution < -0.4 is 24.4 Å². The Labute approximate surface area is 234 Å². The minimum atomic E-state index is -0.872. The maximum absolute atomic E-state index is 13.9. The van der Waals surface area contributed by atoms with E-state index in [1.54, 1.807) is 44.4 Å². The number of thiazole rings is 1. The van der Waals surface area contributed by atoms with Crippen molar-refractivity contribution in [2.24, 2.45) is 4.99 Å². The number of hydrogen-bond donors (Lipinski definition) is 0. The highest BCUT2D eigenvalue weighted by atomic mass is 32.1. The molecule has 3 aromatic carbocycles. The summed E-state index contributed by atoms with van der Waals surface area (Å²) in [5.74, 6) is 0.130. The summed E-state index contributed by atoms with van der Waals surface area (Å²) < 4.78 is 32.3. The minimum Gasteiger partial charge on any atom is -0.493 e. The first-order chi connectivity index (χ1) is 19.4. The molecule has 0 amide bonds. The first-order valence-electron chi connectivity index (χ1n) is 12.8. The highest BCUT2D eigenvalue weighted by molar-refractivity contribution is 7.07. The molecule has 1 aromatic heterocycles. The van der Waals surface area contributed by atoms with Gasteiger partial charge in [0.05, 0.1) is 42.2 Å². The fourth-order valence-corrected chi connectivity index (χ4v) is 5.60. The van der Waals surface area contributed by atoms with Crippen molar-refractivity contribution in [1.82, 2.24) is 4.57 Å². The van der Waals surface area contributed by atoms with Gasteiger partial charge in [0.25, 0.3) is 5.56 Å². The monoisotopic (exact) mass is 558 g/mol. The molecule has 0 bridgehead atoms. The Hall–Kier alpha value is -4.50. The molecule has 2 heterocycles. The number of benzene rings is 3. The lowest BCUT2D eigenvalue weighted by Gasteiger charge is -2.25. The summed E-state index contributed by atoms with van der Waals surface area (Å²) >= 11 is 1.21. The van der Waals surface area contributed by atoms with Crippen LogP contribution in [0.5, 0.6) is 11.5 Å². The minimum absolute atomic E-state index is 0.143. The van der Waals surface area contributed by atoms with Crippen molar-refractivity contribution in [3.05, 3.63) is 121 Å². The molecule has 5 rings (SSSR count). The Morgan fingerprint density at radius 3 is 2.45 bits per heavy atom. The number of fused-ring (bicyclic) bond motifs is 1. The maximum atomic E-state index is 13.9. The number of nitrogens with zero attached hydrogens (tertiary/aromatic N) is 2. The van der Waals surface area contributed by atoms with Crippen molar-refractivity contribution in [2.75, 3.05) is 20.3 Å². The van der Waals surface area contributed by atoms with Crippen molar-refractivity contribution in [3.8, 4) is 11.5 Å². The third kappa shape index (κ3) is 5.20. The first-order valence-corrected chi connectivity index (χ1v) is 13.6. The number of halogens is 1. The van der Waals surface area contributed by atoms with Crippen LogP contribution in [0.2, 0.25) is 0 Å². The quantitative estimate of drug-likeness (QED) is 0.298. The molecular weight excluding hydrogens is 531 g/mol. The van der Waals surface area contributed by atoms with E-state index in [2.05, 4.69) is 0 Å². The van der Waals surface area contributed by atoms with Crippen molar-refractivity contribution < 1.29 is 23.4 Å². The fraction of sp³-hybridized carbons (Fsp3) is 0.194. The molecule has 9 heteroatoms. The van der Waals surface area contributed by atoms with Gasteiger partial charge in [-0.25, -0.2) is 14.2 Å². The van der Waals surface area contributed by atoms with Crippen LogP contribution in [-0.2, 0) is 9.53 Å². The molecule has 1 aliphatic heterocycles. The smallest absolute Gasteiger partial charge is 0.338 e. The molecule has 1 aliphatic rings. The zero-order chi connectivity index (χ0) is 28.2. The van der Waals surface area contributed by atoms with Gasteiger partial charge < -0.3 is 14.2 Å². The average molecular weight is 559 g/mol. The molecule has 0 fully saturated rings. The zero-order valence-electron chi connectivity index (χ0n) is 22.2. The second-order valence-electron chi connectivity index (χ2n) is 8.83. The number of hydrogen-bond acceptors (Lipinski definition) is 7. The molecule has 0 radical (unpaired) electrons. The van der Waals surface area contributed by atoms with Crippen molar-refractivity contribution in [1.29, 1.82) is 0 Å². The first kappa shape index (κ1) is 27.1. The molecule has 40 heavy (non-hydrogen) atoms. The van der Waals surface area contributed by atoms with Crippen LogP contribution in [0.1, 0.15) is 36.6 Å². The van der Waals surface area contributed by atoms with Crippen molar-refractivity contribution in [2.45, 2.75) is 19.9 Å². The summed E-state index contributed by atoms with van der Waals surface area (Å²) in [6, 6.07) is 19.6. The summed E-state index contributed by atoms with van der Waals surface area (Å²) in [7, 11) is 1.56. The second-order valence-corrected chi connectivity index (χ2v) is 9.84. The predicted octanol–water partition coefficient (Wildman–Crippen LogP) is 4.48. The molecule has 0 unspecified atom stereocenters. The van der Waals surface area contributed by atoms with E-state index in [1.807, 2.05) is 43.3 Å². The van der Waals surface area contributed by atoms with Gasteiger partial charge in [0.2, 0.25) is 0 Å². The number of aromatic nitrogens is 1. The number of carbonyl (C=O) groups is 1. The Kier molecular flexibility index (Phi) is 7.93.